The molecule has 0 radical (unpaired) electrons. The van der Waals surface area contributed by atoms with Crippen LogP contribution in [0.4, 0.5) is 11.4 Å². The second-order valence-corrected chi connectivity index (χ2v) is 8.07. The minimum absolute atomic E-state index is 0.0120. The largest absolute Gasteiger partial charge is 0.324 e. The summed E-state index contributed by atoms with van der Waals surface area (Å²) in [6, 6.07) is 8.82. The van der Waals surface area contributed by atoms with Gasteiger partial charge < -0.3 is 9.47 Å². The van der Waals surface area contributed by atoms with Crippen molar-refractivity contribution < 1.29 is 9.72 Å². The van der Waals surface area contributed by atoms with Crippen LogP contribution in [0.5, 0.6) is 0 Å². The molecule has 0 bridgehead atoms. The number of amides is 1. The fourth-order valence-corrected chi connectivity index (χ4v) is 4.07. The molecule has 4 aromatic rings. The lowest BCUT2D eigenvalue weighted by Crippen LogP contribution is -2.32. The van der Waals surface area contributed by atoms with E-state index in [0.29, 0.717) is 30.9 Å². The lowest BCUT2D eigenvalue weighted by atomic mass is 10.1. The molecule has 0 saturated heterocycles. The van der Waals surface area contributed by atoms with E-state index in [-0.39, 0.29) is 18.1 Å². The van der Waals surface area contributed by atoms with Crippen molar-refractivity contribution in [3.63, 3.8) is 0 Å². The van der Waals surface area contributed by atoms with E-state index in [9.17, 15) is 14.9 Å². The number of hydrogen-bond acceptors (Lipinski definition) is 6. The van der Waals surface area contributed by atoms with Crippen LogP contribution in [0, 0.1) is 24.0 Å². The van der Waals surface area contributed by atoms with Gasteiger partial charge in [0.05, 0.1) is 40.7 Å². The lowest BCUT2D eigenvalue weighted by Gasteiger charge is -2.16. The van der Waals surface area contributed by atoms with Crippen LogP contribution in [0.1, 0.15) is 22.4 Å². The molecular weight excluding hydrogens is 410 g/mol. The molecule has 0 fully saturated rings. The number of nitro benzene ring substituents is 1. The fraction of sp³-hybridized carbons (Fsp3) is 0.273. The summed E-state index contributed by atoms with van der Waals surface area (Å²) in [4.78, 5) is 29.6. The number of non-ortho nitro benzene ring substituents is 1. The van der Waals surface area contributed by atoms with E-state index >= 15 is 0 Å². The maximum absolute atomic E-state index is 12.9. The Morgan fingerprint density at radius 1 is 1.19 bits per heavy atom. The van der Waals surface area contributed by atoms with Gasteiger partial charge in [0.15, 0.2) is 0 Å². The van der Waals surface area contributed by atoms with Gasteiger partial charge in [-0.2, -0.15) is 0 Å². The third-order valence-electron chi connectivity index (χ3n) is 5.93. The van der Waals surface area contributed by atoms with Crippen molar-refractivity contribution in [3.05, 3.63) is 75.4 Å². The zero-order valence-corrected chi connectivity index (χ0v) is 17.7. The maximum atomic E-state index is 12.9. The van der Waals surface area contributed by atoms with Gasteiger partial charge in [-0.05, 0) is 49.1 Å². The van der Waals surface area contributed by atoms with Gasteiger partial charge >= 0.3 is 0 Å². The number of carbonyl (C=O) groups is 1. The van der Waals surface area contributed by atoms with Crippen molar-refractivity contribution >= 4 is 28.3 Å². The number of aromatic nitrogens is 5. The molecule has 3 heterocycles. The molecule has 0 N–H and O–H groups in total. The molecule has 1 aliphatic rings. The second-order valence-electron chi connectivity index (χ2n) is 8.07. The number of hydrogen-bond donors (Lipinski definition) is 0. The molecule has 0 unspecified atom stereocenters. The zero-order chi connectivity index (χ0) is 22.4. The Labute approximate surface area is 183 Å². The monoisotopic (exact) mass is 431 g/mol. The zero-order valence-electron chi connectivity index (χ0n) is 17.7. The molecule has 162 valence electrons. The highest BCUT2D eigenvalue weighted by Gasteiger charge is 2.27. The Morgan fingerprint density at radius 3 is 2.81 bits per heavy atom. The molecule has 2 aromatic heterocycles. The smallest absolute Gasteiger partial charge is 0.271 e. The van der Waals surface area contributed by atoms with Crippen LogP contribution in [0.3, 0.4) is 0 Å². The van der Waals surface area contributed by atoms with Crippen molar-refractivity contribution in [2.45, 2.75) is 33.4 Å². The Bertz CT molecular complexity index is 1370. The first-order valence-corrected chi connectivity index (χ1v) is 10.3. The van der Waals surface area contributed by atoms with Crippen LogP contribution < -0.4 is 4.90 Å². The number of carbonyl (C=O) groups excluding carboxylic acids is 1. The molecule has 1 aliphatic heterocycles. The Kier molecular flexibility index (Phi) is 4.69. The van der Waals surface area contributed by atoms with E-state index in [2.05, 4.69) is 41.3 Å². The van der Waals surface area contributed by atoms with Crippen molar-refractivity contribution in [3.8, 4) is 0 Å². The van der Waals surface area contributed by atoms with E-state index in [1.165, 1.54) is 27.9 Å². The third-order valence-corrected chi connectivity index (χ3v) is 5.93. The van der Waals surface area contributed by atoms with Crippen LogP contribution >= 0.6 is 0 Å². The summed E-state index contributed by atoms with van der Waals surface area (Å²) in [6.45, 7) is 5.13. The predicted octanol–water partition coefficient (Wildman–Crippen LogP) is 2.79. The molecule has 10 heteroatoms. The molecule has 2 aromatic carbocycles. The third kappa shape index (κ3) is 3.49. The van der Waals surface area contributed by atoms with Gasteiger partial charge in [0.2, 0.25) is 5.91 Å². The van der Waals surface area contributed by atoms with Crippen molar-refractivity contribution in [1.82, 2.24) is 24.5 Å². The van der Waals surface area contributed by atoms with Gasteiger partial charge in [0, 0.05) is 18.7 Å². The predicted molar refractivity (Wildman–Crippen MR) is 117 cm³/mol. The molecule has 10 nitrogen and oxygen atoms in total. The molecule has 5 rings (SSSR count). The van der Waals surface area contributed by atoms with Gasteiger partial charge in [-0.1, -0.05) is 11.3 Å². The average molecular weight is 431 g/mol. The second kappa shape index (κ2) is 7.56. The first-order valence-electron chi connectivity index (χ1n) is 10.3. The Morgan fingerprint density at radius 2 is 2.00 bits per heavy atom. The molecule has 0 aliphatic carbocycles. The summed E-state index contributed by atoms with van der Waals surface area (Å²) in [5.41, 5.74) is 6.56. The van der Waals surface area contributed by atoms with Crippen LogP contribution in [-0.2, 0) is 24.3 Å². The highest BCUT2D eigenvalue weighted by molar-refractivity contribution is 5.95. The van der Waals surface area contributed by atoms with Gasteiger partial charge in [-0.3, -0.25) is 14.9 Å². The number of nitrogens with zero attached hydrogens (tertiary/aromatic N) is 7. The highest BCUT2D eigenvalue weighted by atomic mass is 16.6. The molecular formula is C22H21N7O3. The number of benzene rings is 2. The minimum Gasteiger partial charge on any atom is -0.324 e. The number of imidazole rings is 1. The van der Waals surface area contributed by atoms with Gasteiger partial charge in [-0.15, -0.1) is 5.10 Å². The topological polar surface area (TPSA) is 112 Å². The van der Waals surface area contributed by atoms with Crippen molar-refractivity contribution in [2.75, 3.05) is 11.4 Å². The lowest BCUT2D eigenvalue weighted by molar-refractivity contribution is -0.384. The average Bonchev–Trinajstić information content (AvgIpc) is 3.48. The molecule has 0 atom stereocenters. The molecule has 32 heavy (non-hydrogen) atoms. The fourth-order valence-electron chi connectivity index (χ4n) is 4.07. The summed E-state index contributed by atoms with van der Waals surface area (Å²) in [7, 11) is 0. The van der Waals surface area contributed by atoms with Crippen LogP contribution in [0.15, 0.2) is 42.9 Å². The molecule has 0 spiro atoms. The van der Waals surface area contributed by atoms with Gasteiger partial charge in [0.25, 0.3) is 5.69 Å². The summed E-state index contributed by atoms with van der Waals surface area (Å²) in [5.74, 6) is -0.181. The van der Waals surface area contributed by atoms with E-state index in [4.69, 9.17) is 0 Å². The number of nitro groups is 1. The number of rotatable bonds is 5. The van der Waals surface area contributed by atoms with Gasteiger partial charge in [-0.25, -0.2) is 9.67 Å². The minimum atomic E-state index is -0.451. The standard InChI is InChI=1S/C22H21N7O3/c1-14-7-19-21(8-15(14)2)26(13-23-19)10-17-11-27(25-24-17)12-22(30)28-6-5-16-3-4-18(29(31)32)9-20(16)28/h3-4,7-9,11,13H,5-6,10,12H2,1-2H3. The first-order chi connectivity index (χ1) is 15.4. The Hall–Kier alpha value is -4.08. The van der Waals surface area contributed by atoms with E-state index in [1.54, 1.807) is 23.5 Å². The maximum Gasteiger partial charge on any atom is 0.271 e. The molecule has 0 saturated carbocycles. The normalized spacial score (nSPS) is 13.0. The number of anilines is 1. The van der Waals surface area contributed by atoms with Crippen LogP contribution in [0.2, 0.25) is 0 Å². The van der Waals surface area contributed by atoms with E-state index in [1.807, 2.05) is 4.57 Å². The van der Waals surface area contributed by atoms with Gasteiger partial charge in [0.1, 0.15) is 12.2 Å². The van der Waals surface area contributed by atoms with Crippen LogP contribution in [-0.4, -0.2) is 41.9 Å². The summed E-state index contributed by atoms with van der Waals surface area (Å²) < 4.78 is 3.51. The van der Waals surface area contributed by atoms with Crippen molar-refractivity contribution in [2.24, 2.45) is 0 Å². The highest BCUT2D eigenvalue weighted by Crippen LogP contribution is 2.31. The Balaban J connectivity index is 1.32. The SMILES string of the molecule is Cc1cc2ncn(Cc3cn(CC(=O)N4CCc5ccc([N+](=O)[O-])cc54)nn3)c2cc1C. The van der Waals surface area contributed by atoms with E-state index < -0.39 is 4.92 Å². The summed E-state index contributed by atoms with van der Waals surface area (Å²) >= 11 is 0. The van der Waals surface area contributed by atoms with E-state index in [0.717, 1.165) is 16.6 Å². The summed E-state index contributed by atoms with van der Waals surface area (Å²) in [6.07, 6.45) is 4.20. The number of aryl methyl sites for hydroxylation is 2. The first kappa shape index (κ1) is 19.9. The van der Waals surface area contributed by atoms with Crippen molar-refractivity contribution in [1.29, 1.82) is 0 Å². The summed E-state index contributed by atoms with van der Waals surface area (Å²) in [5, 5.41) is 19.4. The quantitative estimate of drug-likeness (QED) is 0.355. The molecule has 1 amide bonds. The van der Waals surface area contributed by atoms with Crippen LogP contribution in [0.25, 0.3) is 11.0 Å². The number of fused-ring (bicyclic) bond motifs is 2.